The van der Waals surface area contributed by atoms with Gasteiger partial charge in [0.2, 0.25) is 0 Å². The van der Waals surface area contributed by atoms with Gasteiger partial charge in [-0.05, 0) is 38.1 Å². The number of rotatable bonds is 2. The Balaban J connectivity index is 1.77. The van der Waals surface area contributed by atoms with Gasteiger partial charge in [0.25, 0.3) is 0 Å². The van der Waals surface area contributed by atoms with Gasteiger partial charge in [-0.25, -0.2) is 0 Å². The zero-order valence-electron chi connectivity index (χ0n) is 10.5. The molecule has 2 aromatic rings. The monoisotopic (exact) mass is 280 g/mol. The average Bonchev–Trinajstić information content (AvgIpc) is 2.98. The number of hydrogen-bond donors (Lipinski definition) is 0. The van der Waals surface area contributed by atoms with Crippen LogP contribution in [0.25, 0.3) is 9.75 Å². The molecule has 0 unspecified atom stereocenters. The molecular weight excluding hydrogens is 264 g/mol. The Kier molecular flexibility index (Phi) is 3.52. The summed E-state index contributed by atoms with van der Waals surface area (Å²) < 4.78 is 11.1. The second kappa shape index (κ2) is 5.13. The van der Waals surface area contributed by atoms with Crippen LogP contribution >= 0.6 is 22.7 Å². The topological polar surface area (TPSA) is 18.5 Å². The van der Waals surface area contributed by atoms with E-state index in [0.717, 1.165) is 13.2 Å². The molecule has 1 aliphatic rings. The molecule has 0 aromatic carbocycles. The van der Waals surface area contributed by atoms with Crippen LogP contribution in [0.2, 0.25) is 0 Å². The Hall–Kier alpha value is -0.680. The fourth-order valence-corrected chi connectivity index (χ4v) is 4.07. The van der Waals surface area contributed by atoms with Gasteiger partial charge in [-0.2, -0.15) is 0 Å². The molecule has 1 saturated heterocycles. The van der Waals surface area contributed by atoms with Crippen molar-refractivity contribution in [1.29, 1.82) is 0 Å². The van der Waals surface area contributed by atoms with Crippen molar-refractivity contribution in [3.05, 3.63) is 34.0 Å². The van der Waals surface area contributed by atoms with Gasteiger partial charge < -0.3 is 9.47 Å². The molecule has 96 valence electrons. The minimum Gasteiger partial charge on any atom is -0.352 e. The maximum Gasteiger partial charge on any atom is 0.154 e. The van der Waals surface area contributed by atoms with Gasteiger partial charge in [0.15, 0.2) is 6.29 Å². The van der Waals surface area contributed by atoms with E-state index >= 15 is 0 Å². The maximum atomic E-state index is 5.55. The number of aryl methyl sites for hydroxylation is 1. The second-order valence-electron chi connectivity index (χ2n) is 4.54. The molecular formula is C14H16O2S2. The number of thiophene rings is 2. The van der Waals surface area contributed by atoms with E-state index in [0.29, 0.717) is 5.92 Å². The third-order valence-electron chi connectivity index (χ3n) is 3.08. The van der Waals surface area contributed by atoms with E-state index in [-0.39, 0.29) is 6.29 Å². The lowest BCUT2D eigenvalue weighted by Gasteiger charge is -2.26. The molecule has 18 heavy (non-hydrogen) atoms. The summed E-state index contributed by atoms with van der Waals surface area (Å²) in [5.41, 5.74) is 0. The lowest BCUT2D eigenvalue weighted by Crippen LogP contribution is -2.28. The highest BCUT2D eigenvalue weighted by Crippen LogP contribution is 2.36. The predicted molar refractivity (Wildman–Crippen MR) is 76.5 cm³/mol. The van der Waals surface area contributed by atoms with Gasteiger partial charge in [0.1, 0.15) is 0 Å². The van der Waals surface area contributed by atoms with Crippen molar-refractivity contribution in [1.82, 2.24) is 0 Å². The Morgan fingerprint density at radius 1 is 1.00 bits per heavy atom. The fraction of sp³-hybridized carbons (Fsp3) is 0.429. The van der Waals surface area contributed by atoms with E-state index in [1.807, 2.05) is 29.6 Å². The smallest absolute Gasteiger partial charge is 0.154 e. The SMILES string of the molecule is Cc1ccc(-c2ccc(C3COC(C)OC3)s2)s1. The average molecular weight is 280 g/mol. The van der Waals surface area contributed by atoms with E-state index in [2.05, 4.69) is 31.2 Å². The van der Waals surface area contributed by atoms with E-state index in [1.165, 1.54) is 19.5 Å². The molecule has 1 fully saturated rings. The van der Waals surface area contributed by atoms with Crippen molar-refractivity contribution >= 4 is 22.7 Å². The largest absolute Gasteiger partial charge is 0.352 e. The Bertz CT molecular complexity index is 521. The molecule has 0 bridgehead atoms. The summed E-state index contributed by atoms with van der Waals surface area (Å²) in [5.74, 6) is 0.390. The Morgan fingerprint density at radius 2 is 1.67 bits per heavy atom. The first-order valence-corrected chi connectivity index (χ1v) is 7.75. The summed E-state index contributed by atoms with van der Waals surface area (Å²) in [6.45, 7) is 5.63. The molecule has 3 rings (SSSR count). The van der Waals surface area contributed by atoms with Gasteiger partial charge in [0.05, 0.1) is 13.2 Å². The minimum absolute atomic E-state index is 0.0550. The van der Waals surface area contributed by atoms with E-state index in [4.69, 9.17) is 9.47 Å². The van der Waals surface area contributed by atoms with E-state index in [9.17, 15) is 0 Å². The Morgan fingerprint density at radius 3 is 2.33 bits per heavy atom. The van der Waals surface area contributed by atoms with Crippen LogP contribution in [0.1, 0.15) is 22.6 Å². The molecule has 4 heteroatoms. The predicted octanol–water partition coefficient (Wildman–Crippen LogP) is 4.26. The van der Waals surface area contributed by atoms with Crippen molar-refractivity contribution in [2.75, 3.05) is 13.2 Å². The van der Waals surface area contributed by atoms with Crippen LogP contribution in [-0.2, 0) is 9.47 Å². The van der Waals surface area contributed by atoms with Gasteiger partial charge in [0, 0.05) is 25.4 Å². The molecule has 2 nitrogen and oxygen atoms in total. The zero-order chi connectivity index (χ0) is 12.5. The van der Waals surface area contributed by atoms with Gasteiger partial charge in [-0.15, -0.1) is 22.7 Å². The lowest BCUT2D eigenvalue weighted by molar-refractivity contribution is -0.175. The molecule has 0 atom stereocenters. The molecule has 0 radical (unpaired) electrons. The van der Waals surface area contributed by atoms with Crippen molar-refractivity contribution in [3.63, 3.8) is 0 Å². The Labute approximate surface area is 115 Å². The molecule has 0 aliphatic carbocycles. The van der Waals surface area contributed by atoms with E-state index < -0.39 is 0 Å². The maximum absolute atomic E-state index is 5.55. The van der Waals surface area contributed by atoms with Crippen molar-refractivity contribution in [2.45, 2.75) is 26.1 Å². The molecule has 0 N–H and O–H groups in total. The van der Waals surface area contributed by atoms with Crippen molar-refractivity contribution < 1.29 is 9.47 Å². The fourth-order valence-electron chi connectivity index (χ4n) is 2.04. The van der Waals surface area contributed by atoms with Crippen LogP contribution in [0.5, 0.6) is 0 Å². The first-order chi connectivity index (χ1) is 8.72. The molecule has 0 amide bonds. The summed E-state index contributed by atoms with van der Waals surface area (Å²) in [7, 11) is 0. The first kappa shape index (κ1) is 12.4. The van der Waals surface area contributed by atoms with Gasteiger partial charge in [-0.1, -0.05) is 0 Å². The highest BCUT2D eigenvalue weighted by atomic mass is 32.1. The third kappa shape index (κ3) is 2.52. The van der Waals surface area contributed by atoms with Crippen molar-refractivity contribution in [3.8, 4) is 9.75 Å². The second-order valence-corrected chi connectivity index (χ2v) is 6.95. The van der Waals surface area contributed by atoms with Crippen LogP contribution in [0.4, 0.5) is 0 Å². The highest BCUT2D eigenvalue weighted by Gasteiger charge is 2.22. The van der Waals surface area contributed by atoms with Gasteiger partial charge >= 0.3 is 0 Å². The third-order valence-corrected chi connectivity index (χ3v) is 5.52. The summed E-state index contributed by atoms with van der Waals surface area (Å²) in [6, 6.07) is 8.80. The van der Waals surface area contributed by atoms with Gasteiger partial charge in [-0.3, -0.25) is 0 Å². The lowest BCUT2D eigenvalue weighted by atomic mass is 10.1. The first-order valence-electron chi connectivity index (χ1n) is 6.12. The van der Waals surface area contributed by atoms with Crippen LogP contribution in [0, 0.1) is 6.92 Å². The van der Waals surface area contributed by atoms with Crippen LogP contribution in [-0.4, -0.2) is 19.5 Å². The summed E-state index contributed by atoms with van der Waals surface area (Å²) in [6.07, 6.45) is -0.0550. The standard InChI is InChI=1S/C14H16O2S2/c1-9-3-4-13(17-9)14-6-5-12(18-14)11-7-15-10(2)16-8-11/h3-6,10-11H,7-8H2,1-2H3. The molecule has 1 aliphatic heterocycles. The van der Waals surface area contributed by atoms with Crippen LogP contribution in [0.3, 0.4) is 0 Å². The van der Waals surface area contributed by atoms with Crippen LogP contribution in [0.15, 0.2) is 24.3 Å². The molecule has 3 heterocycles. The summed E-state index contributed by atoms with van der Waals surface area (Å²) in [5, 5.41) is 0. The highest BCUT2D eigenvalue weighted by molar-refractivity contribution is 7.22. The minimum atomic E-state index is -0.0550. The van der Waals surface area contributed by atoms with Crippen LogP contribution < -0.4 is 0 Å². The number of hydrogen-bond acceptors (Lipinski definition) is 4. The summed E-state index contributed by atoms with van der Waals surface area (Å²) >= 11 is 3.71. The zero-order valence-corrected chi connectivity index (χ0v) is 12.1. The quantitative estimate of drug-likeness (QED) is 0.818. The normalized spacial score (nSPS) is 24.3. The van der Waals surface area contributed by atoms with E-state index in [1.54, 1.807) is 0 Å². The van der Waals surface area contributed by atoms with Crippen molar-refractivity contribution in [2.24, 2.45) is 0 Å². The summed E-state index contributed by atoms with van der Waals surface area (Å²) in [4.78, 5) is 5.43. The molecule has 0 saturated carbocycles. The molecule has 0 spiro atoms. The number of ether oxygens (including phenoxy) is 2. The molecule has 2 aromatic heterocycles.